The summed E-state index contributed by atoms with van der Waals surface area (Å²) < 4.78 is 1.65. The molecule has 0 radical (unpaired) electrons. The molecule has 196 valence electrons. The van der Waals surface area contributed by atoms with Crippen LogP contribution in [0, 0.1) is 17.8 Å². The van der Waals surface area contributed by atoms with Crippen molar-refractivity contribution in [3.8, 4) is 5.69 Å². The van der Waals surface area contributed by atoms with Gasteiger partial charge in [0, 0.05) is 11.6 Å². The van der Waals surface area contributed by atoms with E-state index < -0.39 is 17.4 Å². The summed E-state index contributed by atoms with van der Waals surface area (Å²) in [5.41, 5.74) is 2.56. The zero-order chi connectivity index (χ0) is 27.1. The van der Waals surface area contributed by atoms with E-state index in [1.165, 1.54) is 4.90 Å². The summed E-state index contributed by atoms with van der Waals surface area (Å²) in [7, 11) is 0. The number of anilines is 1. The highest BCUT2D eigenvalue weighted by atomic mass is 16.2. The van der Waals surface area contributed by atoms with Gasteiger partial charge in [-0.25, -0.2) is 9.88 Å². The van der Waals surface area contributed by atoms with Gasteiger partial charge in [-0.2, -0.15) is 0 Å². The van der Waals surface area contributed by atoms with Gasteiger partial charge in [0.05, 0.1) is 34.1 Å². The molecule has 0 saturated carbocycles. The van der Waals surface area contributed by atoms with Crippen molar-refractivity contribution in [2.75, 3.05) is 4.90 Å². The minimum Gasteiger partial charge on any atom is -0.297 e. The SMILES string of the molecule is CCc1ccc(N2C(=O)[C@@H]3[C@H](CC(C)C)N[C@]4(c5ccccc5-n5c4nc4ccccc4c5=O)[C@H]3C2=O)cc1. The van der Waals surface area contributed by atoms with Crippen LogP contribution in [0.2, 0.25) is 0 Å². The van der Waals surface area contributed by atoms with Crippen molar-refractivity contribution in [2.24, 2.45) is 17.8 Å². The van der Waals surface area contributed by atoms with E-state index >= 15 is 0 Å². The van der Waals surface area contributed by atoms with E-state index in [2.05, 4.69) is 26.1 Å². The molecule has 3 aromatic carbocycles. The Hall–Kier alpha value is -4.10. The van der Waals surface area contributed by atoms with Crippen molar-refractivity contribution in [3.05, 3.63) is 100 Å². The Bertz CT molecular complexity index is 1720. The van der Waals surface area contributed by atoms with Crippen molar-refractivity contribution in [3.63, 3.8) is 0 Å². The largest absolute Gasteiger partial charge is 0.297 e. The minimum absolute atomic E-state index is 0.172. The molecule has 1 spiro atoms. The molecule has 1 N–H and O–H groups in total. The zero-order valence-electron chi connectivity index (χ0n) is 22.2. The van der Waals surface area contributed by atoms with Crippen LogP contribution in [0.3, 0.4) is 0 Å². The highest BCUT2D eigenvalue weighted by Crippen LogP contribution is 2.56. The number of nitrogens with zero attached hydrogens (tertiary/aromatic N) is 3. The van der Waals surface area contributed by atoms with Crippen LogP contribution in [-0.4, -0.2) is 27.4 Å². The lowest BCUT2D eigenvalue weighted by Crippen LogP contribution is -2.50. The number of imide groups is 1. The average Bonchev–Trinajstić information content (AvgIpc) is 3.51. The maximum Gasteiger partial charge on any atom is 0.266 e. The number of hydrogen-bond acceptors (Lipinski definition) is 5. The number of fused-ring (bicyclic) bond motifs is 8. The number of carbonyl (C=O) groups excluding carboxylic acids is 2. The van der Waals surface area contributed by atoms with Gasteiger partial charge < -0.3 is 0 Å². The molecule has 0 bridgehead atoms. The van der Waals surface area contributed by atoms with E-state index in [4.69, 9.17) is 4.98 Å². The maximum absolute atomic E-state index is 14.5. The Kier molecular flexibility index (Phi) is 5.19. The highest BCUT2D eigenvalue weighted by Gasteiger charge is 2.69. The zero-order valence-corrected chi connectivity index (χ0v) is 22.2. The molecule has 0 unspecified atom stereocenters. The van der Waals surface area contributed by atoms with E-state index in [1.807, 2.05) is 66.7 Å². The Morgan fingerprint density at radius 1 is 0.923 bits per heavy atom. The molecule has 3 aliphatic heterocycles. The Balaban J connectivity index is 1.49. The predicted molar refractivity (Wildman–Crippen MR) is 150 cm³/mol. The topological polar surface area (TPSA) is 84.3 Å². The summed E-state index contributed by atoms with van der Waals surface area (Å²) in [6.45, 7) is 6.32. The van der Waals surface area contributed by atoms with Crippen LogP contribution in [0.5, 0.6) is 0 Å². The molecule has 4 atom stereocenters. The maximum atomic E-state index is 14.5. The van der Waals surface area contributed by atoms with Crippen LogP contribution >= 0.6 is 0 Å². The molecule has 4 aromatic rings. The van der Waals surface area contributed by atoms with Crippen LogP contribution in [-0.2, 0) is 21.5 Å². The number of hydrogen-bond donors (Lipinski definition) is 1. The summed E-state index contributed by atoms with van der Waals surface area (Å²) in [6, 6.07) is 22.4. The van der Waals surface area contributed by atoms with Crippen molar-refractivity contribution >= 4 is 28.4 Å². The van der Waals surface area contributed by atoms with Crippen LogP contribution in [0.4, 0.5) is 5.69 Å². The van der Waals surface area contributed by atoms with Crippen LogP contribution < -0.4 is 15.8 Å². The second-order valence-corrected chi connectivity index (χ2v) is 11.3. The number of amides is 2. The monoisotopic (exact) mass is 518 g/mol. The van der Waals surface area contributed by atoms with Gasteiger partial charge in [0.1, 0.15) is 11.4 Å². The molecule has 39 heavy (non-hydrogen) atoms. The van der Waals surface area contributed by atoms with Gasteiger partial charge >= 0.3 is 0 Å². The van der Waals surface area contributed by atoms with E-state index in [1.54, 1.807) is 10.6 Å². The van der Waals surface area contributed by atoms with Crippen molar-refractivity contribution < 1.29 is 9.59 Å². The molecular weight excluding hydrogens is 488 g/mol. The van der Waals surface area contributed by atoms with E-state index in [0.717, 1.165) is 17.5 Å². The summed E-state index contributed by atoms with van der Waals surface area (Å²) in [4.78, 5) is 48.9. The Morgan fingerprint density at radius 2 is 1.64 bits per heavy atom. The van der Waals surface area contributed by atoms with Gasteiger partial charge in [0.2, 0.25) is 11.8 Å². The molecular formula is C32H30N4O3. The number of rotatable bonds is 4. The van der Waals surface area contributed by atoms with E-state index in [9.17, 15) is 14.4 Å². The average molecular weight is 519 g/mol. The first-order chi connectivity index (χ1) is 18.9. The third kappa shape index (κ3) is 3.13. The first-order valence-corrected chi connectivity index (χ1v) is 13.7. The van der Waals surface area contributed by atoms with Crippen molar-refractivity contribution in [1.82, 2.24) is 14.9 Å². The van der Waals surface area contributed by atoms with Crippen LogP contribution in [0.1, 0.15) is 44.1 Å². The van der Waals surface area contributed by atoms with E-state index in [-0.39, 0.29) is 23.4 Å². The summed E-state index contributed by atoms with van der Waals surface area (Å²) in [6.07, 6.45) is 1.59. The van der Waals surface area contributed by atoms with E-state index in [0.29, 0.717) is 40.4 Å². The van der Waals surface area contributed by atoms with Crippen LogP contribution in [0.15, 0.2) is 77.6 Å². The first-order valence-electron chi connectivity index (χ1n) is 13.7. The fourth-order valence-electron chi connectivity index (χ4n) is 7.06. The number of aryl methyl sites for hydroxylation is 1. The lowest BCUT2D eigenvalue weighted by Gasteiger charge is -2.32. The first kappa shape index (κ1) is 24.0. The molecule has 4 heterocycles. The summed E-state index contributed by atoms with van der Waals surface area (Å²) >= 11 is 0. The number of para-hydroxylation sites is 2. The fraction of sp³-hybridized carbons (Fsp3) is 0.312. The normalized spacial score (nSPS) is 25.1. The smallest absolute Gasteiger partial charge is 0.266 e. The fourth-order valence-corrected chi connectivity index (χ4v) is 7.06. The third-order valence-electron chi connectivity index (χ3n) is 8.69. The van der Waals surface area contributed by atoms with Gasteiger partial charge in [-0.05, 0) is 54.7 Å². The molecule has 2 fully saturated rings. The summed E-state index contributed by atoms with van der Waals surface area (Å²) in [5.74, 6) is -0.973. The Morgan fingerprint density at radius 3 is 2.38 bits per heavy atom. The molecule has 3 aliphatic rings. The molecule has 7 rings (SSSR count). The summed E-state index contributed by atoms with van der Waals surface area (Å²) in [5, 5.41) is 4.29. The van der Waals surface area contributed by atoms with Gasteiger partial charge in [0.25, 0.3) is 5.56 Å². The second kappa shape index (κ2) is 8.45. The number of aromatic nitrogens is 2. The number of benzene rings is 3. The highest BCUT2D eigenvalue weighted by molar-refractivity contribution is 6.23. The molecule has 0 aliphatic carbocycles. The molecule has 7 nitrogen and oxygen atoms in total. The van der Waals surface area contributed by atoms with Crippen molar-refractivity contribution in [2.45, 2.75) is 45.2 Å². The standard InChI is InChI=1S/C32H30N4O3/c1-4-19-13-15-20(16-14-19)35-29(38)26-24(17-18(2)3)34-32(27(26)30(35)39)22-10-6-8-12-25(22)36-28(37)21-9-5-7-11-23(21)33-31(32)36/h5-16,18,24,26-27,34H,4,17H2,1-3H3/t24-,26+,27+,32+/m0/s1. The van der Waals surface area contributed by atoms with Crippen LogP contribution in [0.25, 0.3) is 16.6 Å². The second-order valence-electron chi connectivity index (χ2n) is 11.3. The van der Waals surface area contributed by atoms with Gasteiger partial charge in [-0.3, -0.25) is 24.3 Å². The Labute approximate surface area is 226 Å². The minimum atomic E-state index is -1.10. The number of nitrogens with one attached hydrogen (secondary N) is 1. The third-order valence-corrected chi connectivity index (χ3v) is 8.69. The van der Waals surface area contributed by atoms with Gasteiger partial charge in [0.15, 0.2) is 0 Å². The predicted octanol–water partition coefficient (Wildman–Crippen LogP) is 4.33. The number of carbonyl (C=O) groups is 2. The quantitative estimate of drug-likeness (QED) is 0.407. The molecule has 7 heteroatoms. The molecule has 2 amide bonds. The van der Waals surface area contributed by atoms with Gasteiger partial charge in [-0.1, -0.05) is 63.2 Å². The van der Waals surface area contributed by atoms with Gasteiger partial charge in [-0.15, -0.1) is 0 Å². The lowest BCUT2D eigenvalue weighted by molar-refractivity contribution is -0.123. The lowest BCUT2D eigenvalue weighted by atomic mass is 9.75. The molecule has 1 aromatic heterocycles. The molecule has 2 saturated heterocycles. The van der Waals surface area contributed by atoms with Crippen molar-refractivity contribution in [1.29, 1.82) is 0 Å².